The van der Waals surface area contributed by atoms with Crippen molar-refractivity contribution in [1.82, 2.24) is 0 Å². The van der Waals surface area contributed by atoms with Crippen LogP contribution in [0.5, 0.6) is 0 Å². The van der Waals surface area contributed by atoms with E-state index in [1.165, 1.54) is 60.3 Å². The second-order valence-corrected chi connectivity index (χ2v) is 13.8. The van der Waals surface area contributed by atoms with Crippen molar-refractivity contribution < 1.29 is 8.99 Å². The van der Waals surface area contributed by atoms with Gasteiger partial charge >= 0.3 is 0 Å². The Morgan fingerprint density at radius 1 is 0.569 bits per heavy atom. The van der Waals surface area contributed by atoms with Crippen molar-refractivity contribution in [3.8, 4) is 11.1 Å². The van der Waals surface area contributed by atoms with Gasteiger partial charge in [0.2, 0.25) is 0 Å². The molecule has 0 amide bonds. The van der Waals surface area contributed by atoms with Crippen LogP contribution in [0.25, 0.3) is 65.4 Å². The highest BCUT2D eigenvalue weighted by molar-refractivity contribution is 6.18. The fraction of sp³-hybridized carbons (Fsp3) is 0.0833. The number of para-hydroxylation sites is 1. The summed E-state index contributed by atoms with van der Waals surface area (Å²) in [5, 5.41) is 9.85. The summed E-state index contributed by atoms with van der Waals surface area (Å²) in [6, 6.07) is 59.0. The number of benzene rings is 8. The average Bonchev–Trinajstić information content (AvgIpc) is 3.57. The maximum atomic E-state index is 6.32. The fourth-order valence-electron chi connectivity index (χ4n) is 8.15. The Morgan fingerprint density at radius 3 is 2.14 bits per heavy atom. The van der Waals surface area contributed by atoms with Crippen LogP contribution in [0.3, 0.4) is 0 Å². The van der Waals surface area contributed by atoms with E-state index in [0.717, 1.165) is 46.2 Å². The molecule has 0 bridgehead atoms. The molecule has 0 saturated carbocycles. The number of furan rings is 1. The molecule has 10 rings (SSSR count). The highest BCUT2D eigenvalue weighted by Gasteiger charge is 2.31. The van der Waals surface area contributed by atoms with Crippen LogP contribution in [0, 0.1) is 0 Å². The summed E-state index contributed by atoms with van der Waals surface area (Å²) in [5.74, 6) is 0. The van der Waals surface area contributed by atoms with Crippen LogP contribution in [-0.2, 0) is 6.54 Å². The SMILES string of the molecule is CC1=[N+](Cc2ccc3c(ccc4ccccc43)c2)C(c2ccccc2)N=C(c2cc(-c3cccc4oc5ccccc5c34)c3ccccc3c2)C1. The topological polar surface area (TPSA) is 28.5 Å². The number of fused-ring (bicyclic) bond motifs is 7. The van der Waals surface area contributed by atoms with Crippen molar-refractivity contribution in [2.24, 2.45) is 4.99 Å². The molecule has 3 heteroatoms. The Bertz CT molecular complexity index is 2880. The lowest BCUT2D eigenvalue weighted by atomic mass is 9.90. The smallest absolute Gasteiger partial charge is 0.272 e. The summed E-state index contributed by atoms with van der Waals surface area (Å²) in [4.78, 5) is 5.60. The molecule has 0 spiro atoms. The lowest BCUT2D eigenvalue weighted by Gasteiger charge is -2.23. The number of nitrogens with zero attached hydrogens (tertiary/aromatic N) is 2. The van der Waals surface area contributed by atoms with E-state index in [2.05, 4.69) is 169 Å². The Labute approximate surface area is 296 Å². The predicted molar refractivity (Wildman–Crippen MR) is 213 cm³/mol. The van der Waals surface area contributed by atoms with Gasteiger partial charge in [0.1, 0.15) is 11.2 Å². The van der Waals surface area contributed by atoms with Crippen LogP contribution in [0.1, 0.15) is 36.2 Å². The fourth-order valence-corrected chi connectivity index (χ4v) is 8.15. The number of rotatable bonds is 5. The van der Waals surface area contributed by atoms with Gasteiger partial charge in [0, 0.05) is 28.8 Å². The maximum Gasteiger partial charge on any atom is 0.272 e. The zero-order chi connectivity index (χ0) is 33.9. The van der Waals surface area contributed by atoms with E-state index in [-0.39, 0.29) is 6.17 Å². The van der Waals surface area contributed by atoms with E-state index in [1.54, 1.807) is 0 Å². The van der Waals surface area contributed by atoms with Crippen LogP contribution in [0.15, 0.2) is 173 Å². The van der Waals surface area contributed by atoms with Crippen LogP contribution in [0.2, 0.25) is 0 Å². The molecule has 0 aliphatic carbocycles. The highest BCUT2D eigenvalue weighted by Crippen LogP contribution is 2.40. The summed E-state index contributed by atoms with van der Waals surface area (Å²) in [6.07, 6.45) is 0.636. The van der Waals surface area contributed by atoms with Crippen molar-refractivity contribution in [2.75, 3.05) is 0 Å². The molecule has 0 radical (unpaired) electrons. The zero-order valence-electron chi connectivity index (χ0n) is 28.4. The standard InChI is InChI=1S/C48H35N2O/c1-31-26-44(37-28-35-15-6-8-17-39(35)43(29-37)41-19-11-21-46-47(41)42-18-9-10-20-45(42)51-46)49-48(34-13-3-2-4-14-34)50(31)30-32-22-25-40-36(27-32)24-23-33-12-5-7-16-38(33)40/h2-25,27-29,48H,26,30H2,1H3/q+1. The van der Waals surface area contributed by atoms with Gasteiger partial charge in [-0.1, -0.05) is 133 Å². The Hall–Kier alpha value is -6.32. The summed E-state index contributed by atoms with van der Waals surface area (Å²) < 4.78 is 8.81. The summed E-state index contributed by atoms with van der Waals surface area (Å²) in [5.41, 5.74) is 10.2. The van der Waals surface area contributed by atoms with Crippen molar-refractivity contribution >= 4 is 65.7 Å². The second-order valence-electron chi connectivity index (χ2n) is 13.8. The maximum absolute atomic E-state index is 6.32. The van der Waals surface area contributed by atoms with Crippen molar-refractivity contribution in [3.05, 3.63) is 180 Å². The lowest BCUT2D eigenvalue weighted by Crippen LogP contribution is -2.30. The minimum atomic E-state index is -0.140. The minimum Gasteiger partial charge on any atom is -0.456 e. The normalized spacial score (nSPS) is 15.0. The van der Waals surface area contributed by atoms with E-state index in [0.29, 0.717) is 0 Å². The molecule has 0 N–H and O–H groups in total. The monoisotopic (exact) mass is 655 g/mol. The van der Waals surface area contributed by atoms with Crippen LogP contribution in [0.4, 0.5) is 0 Å². The largest absolute Gasteiger partial charge is 0.456 e. The molecule has 242 valence electrons. The lowest BCUT2D eigenvalue weighted by molar-refractivity contribution is -0.588. The third-order valence-corrected chi connectivity index (χ3v) is 10.6. The Kier molecular flexibility index (Phi) is 6.92. The van der Waals surface area contributed by atoms with Gasteiger partial charge in [-0.05, 0) is 79.3 Å². The highest BCUT2D eigenvalue weighted by atomic mass is 16.3. The molecular weight excluding hydrogens is 621 g/mol. The molecule has 1 aliphatic rings. The van der Waals surface area contributed by atoms with E-state index in [9.17, 15) is 0 Å². The molecular formula is C48H35N2O+. The summed E-state index contributed by atoms with van der Waals surface area (Å²) in [7, 11) is 0. The minimum absolute atomic E-state index is 0.140. The quantitative estimate of drug-likeness (QED) is 0.134. The Balaban J connectivity index is 1.10. The molecule has 1 aromatic heterocycles. The first kappa shape index (κ1) is 29.6. The summed E-state index contributed by atoms with van der Waals surface area (Å²) in [6.45, 7) is 3.06. The van der Waals surface area contributed by atoms with Crippen LogP contribution >= 0.6 is 0 Å². The first-order chi connectivity index (χ1) is 25.2. The molecule has 1 aliphatic heterocycles. The molecule has 8 aromatic carbocycles. The molecule has 3 nitrogen and oxygen atoms in total. The van der Waals surface area contributed by atoms with Gasteiger partial charge in [0.05, 0.1) is 12.1 Å². The van der Waals surface area contributed by atoms with Crippen molar-refractivity contribution in [2.45, 2.75) is 26.1 Å². The first-order valence-corrected chi connectivity index (χ1v) is 17.7. The molecule has 51 heavy (non-hydrogen) atoms. The van der Waals surface area contributed by atoms with Gasteiger partial charge < -0.3 is 4.42 Å². The van der Waals surface area contributed by atoms with Crippen LogP contribution in [-0.4, -0.2) is 16.0 Å². The third-order valence-electron chi connectivity index (χ3n) is 10.6. The molecule has 0 saturated heterocycles. The molecule has 2 heterocycles. The number of aliphatic imine (C=N–C) groups is 1. The predicted octanol–water partition coefficient (Wildman–Crippen LogP) is 12.3. The molecule has 9 aromatic rings. The molecule has 1 unspecified atom stereocenters. The Morgan fingerprint density at radius 2 is 1.25 bits per heavy atom. The van der Waals surface area contributed by atoms with Crippen molar-refractivity contribution in [3.63, 3.8) is 0 Å². The molecule has 0 fully saturated rings. The number of hydrogen-bond donors (Lipinski definition) is 0. The van der Waals surface area contributed by atoms with Gasteiger partial charge in [-0.2, -0.15) is 0 Å². The summed E-state index contributed by atoms with van der Waals surface area (Å²) >= 11 is 0. The van der Waals surface area contributed by atoms with E-state index < -0.39 is 0 Å². The average molecular weight is 656 g/mol. The second kappa shape index (κ2) is 11.9. The van der Waals surface area contributed by atoms with Crippen molar-refractivity contribution in [1.29, 1.82) is 0 Å². The van der Waals surface area contributed by atoms with E-state index in [4.69, 9.17) is 9.41 Å². The zero-order valence-corrected chi connectivity index (χ0v) is 28.4. The van der Waals surface area contributed by atoms with Crippen LogP contribution < -0.4 is 0 Å². The third kappa shape index (κ3) is 5.04. The van der Waals surface area contributed by atoms with Gasteiger partial charge in [0.25, 0.3) is 6.17 Å². The number of hydrogen-bond acceptors (Lipinski definition) is 2. The van der Waals surface area contributed by atoms with Gasteiger partial charge in [-0.25, -0.2) is 9.57 Å². The van der Waals surface area contributed by atoms with Gasteiger partial charge in [-0.15, -0.1) is 0 Å². The van der Waals surface area contributed by atoms with E-state index >= 15 is 0 Å². The first-order valence-electron chi connectivity index (χ1n) is 17.7. The molecule has 1 atom stereocenters. The van der Waals surface area contributed by atoms with E-state index in [1.807, 2.05) is 6.07 Å². The van der Waals surface area contributed by atoms with Gasteiger partial charge in [-0.3, -0.25) is 0 Å². The van der Waals surface area contributed by atoms with Gasteiger partial charge in [0.15, 0.2) is 12.3 Å².